The highest BCUT2D eigenvalue weighted by molar-refractivity contribution is 9.10. The lowest BCUT2D eigenvalue weighted by molar-refractivity contribution is 0.475. The van der Waals surface area contributed by atoms with Crippen molar-refractivity contribution in [2.45, 2.75) is 13.5 Å². The van der Waals surface area contributed by atoms with Crippen molar-refractivity contribution in [1.29, 1.82) is 0 Å². The van der Waals surface area contributed by atoms with Crippen LogP contribution in [0.3, 0.4) is 0 Å². The summed E-state index contributed by atoms with van der Waals surface area (Å²) < 4.78 is 6.17. The molecule has 0 radical (unpaired) electrons. The summed E-state index contributed by atoms with van der Waals surface area (Å²) in [5, 5.41) is 11.4. The zero-order valence-corrected chi connectivity index (χ0v) is 10.8. The quantitative estimate of drug-likeness (QED) is 0.944. The Morgan fingerprint density at radius 3 is 2.88 bits per heavy atom. The van der Waals surface area contributed by atoms with Crippen LogP contribution in [0.5, 0.6) is 0 Å². The van der Waals surface area contributed by atoms with Gasteiger partial charge in [-0.25, -0.2) is 0 Å². The smallest absolute Gasteiger partial charge is 0.235 e. The Morgan fingerprint density at radius 2 is 2.25 bits per heavy atom. The standard InChI is InChI=1S/C10H9BrClN3O/c1-6-14-15-10(16-6)5-13-9-3-2-7(11)4-8(9)12/h2-4,13H,5H2,1H3. The molecule has 0 saturated carbocycles. The van der Waals surface area contributed by atoms with Crippen molar-refractivity contribution in [3.8, 4) is 0 Å². The van der Waals surface area contributed by atoms with Crippen LogP contribution in [-0.4, -0.2) is 10.2 Å². The molecule has 0 atom stereocenters. The molecule has 1 aromatic carbocycles. The summed E-state index contributed by atoms with van der Waals surface area (Å²) in [7, 11) is 0. The fourth-order valence-electron chi connectivity index (χ4n) is 1.21. The van der Waals surface area contributed by atoms with Crippen LogP contribution in [0.25, 0.3) is 0 Å². The summed E-state index contributed by atoms with van der Waals surface area (Å²) in [6.45, 7) is 2.21. The lowest BCUT2D eigenvalue weighted by Gasteiger charge is -2.05. The van der Waals surface area contributed by atoms with Crippen LogP contribution < -0.4 is 5.32 Å². The summed E-state index contributed by atoms with van der Waals surface area (Å²) in [6.07, 6.45) is 0. The molecule has 84 valence electrons. The molecule has 1 aromatic heterocycles. The van der Waals surface area contributed by atoms with E-state index >= 15 is 0 Å². The van der Waals surface area contributed by atoms with E-state index < -0.39 is 0 Å². The number of hydrogen-bond donors (Lipinski definition) is 1. The van der Waals surface area contributed by atoms with Gasteiger partial charge in [-0.05, 0) is 18.2 Å². The normalized spacial score (nSPS) is 10.4. The maximum atomic E-state index is 6.04. The number of anilines is 1. The van der Waals surface area contributed by atoms with Crippen molar-refractivity contribution < 1.29 is 4.42 Å². The number of benzene rings is 1. The maximum absolute atomic E-state index is 6.04. The molecule has 0 saturated heterocycles. The van der Waals surface area contributed by atoms with Crippen LogP contribution in [0.4, 0.5) is 5.69 Å². The van der Waals surface area contributed by atoms with Gasteiger partial charge in [0.25, 0.3) is 0 Å². The third-order valence-electron chi connectivity index (χ3n) is 1.93. The zero-order chi connectivity index (χ0) is 11.5. The van der Waals surface area contributed by atoms with Gasteiger partial charge in [-0.3, -0.25) is 0 Å². The Balaban J connectivity index is 2.04. The van der Waals surface area contributed by atoms with Gasteiger partial charge in [0.15, 0.2) is 0 Å². The van der Waals surface area contributed by atoms with Crippen molar-refractivity contribution >= 4 is 33.2 Å². The van der Waals surface area contributed by atoms with Crippen LogP contribution in [0.2, 0.25) is 5.02 Å². The van der Waals surface area contributed by atoms with Crippen molar-refractivity contribution in [2.24, 2.45) is 0 Å². The lowest BCUT2D eigenvalue weighted by Crippen LogP contribution is -2.00. The van der Waals surface area contributed by atoms with Crippen molar-refractivity contribution in [3.63, 3.8) is 0 Å². The Hall–Kier alpha value is -1.07. The second-order valence-electron chi connectivity index (χ2n) is 3.19. The highest BCUT2D eigenvalue weighted by atomic mass is 79.9. The van der Waals surface area contributed by atoms with Gasteiger partial charge in [0.2, 0.25) is 11.8 Å². The van der Waals surface area contributed by atoms with Crippen molar-refractivity contribution in [3.05, 3.63) is 39.5 Å². The number of halogens is 2. The van der Waals surface area contributed by atoms with Crippen LogP contribution >= 0.6 is 27.5 Å². The summed E-state index contributed by atoms with van der Waals surface area (Å²) in [6, 6.07) is 5.62. The predicted molar refractivity (Wildman–Crippen MR) is 65.5 cm³/mol. The Labute approximate surface area is 106 Å². The first-order valence-corrected chi connectivity index (χ1v) is 5.80. The van der Waals surface area contributed by atoms with E-state index in [1.54, 1.807) is 6.92 Å². The second kappa shape index (κ2) is 4.84. The molecule has 2 aromatic rings. The Kier molecular flexibility index (Phi) is 3.46. The maximum Gasteiger partial charge on any atom is 0.235 e. The van der Waals surface area contributed by atoms with E-state index in [0.717, 1.165) is 10.2 Å². The molecule has 2 rings (SSSR count). The third kappa shape index (κ3) is 2.74. The SMILES string of the molecule is Cc1nnc(CNc2ccc(Br)cc2Cl)o1. The van der Waals surface area contributed by atoms with E-state index in [9.17, 15) is 0 Å². The van der Waals surface area contributed by atoms with E-state index in [4.69, 9.17) is 16.0 Å². The first-order chi connectivity index (χ1) is 7.65. The van der Waals surface area contributed by atoms with E-state index in [1.165, 1.54) is 0 Å². The minimum Gasteiger partial charge on any atom is -0.424 e. The fraction of sp³-hybridized carbons (Fsp3) is 0.200. The zero-order valence-electron chi connectivity index (χ0n) is 8.50. The molecule has 0 aliphatic rings. The molecule has 0 bridgehead atoms. The molecule has 16 heavy (non-hydrogen) atoms. The summed E-state index contributed by atoms with van der Waals surface area (Å²) in [4.78, 5) is 0. The number of aromatic nitrogens is 2. The van der Waals surface area contributed by atoms with Crippen LogP contribution in [0.1, 0.15) is 11.8 Å². The van der Waals surface area contributed by atoms with Gasteiger partial charge in [-0.1, -0.05) is 27.5 Å². The molecule has 0 fully saturated rings. The fourth-order valence-corrected chi connectivity index (χ4v) is 1.95. The van der Waals surface area contributed by atoms with Gasteiger partial charge in [0, 0.05) is 11.4 Å². The number of nitrogens with one attached hydrogen (secondary N) is 1. The molecule has 0 aliphatic carbocycles. The van der Waals surface area contributed by atoms with Crippen molar-refractivity contribution in [1.82, 2.24) is 10.2 Å². The van der Waals surface area contributed by atoms with Crippen LogP contribution in [0.15, 0.2) is 27.1 Å². The molecule has 0 unspecified atom stereocenters. The van der Waals surface area contributed by atoms with E-state index in [0.29, 0.717) is 23.3 Å². The third-order valence-corrected chi connectivity index (χ3v) is 2.74. The van der Waals surface area contributed by atoms with Gasteiger partial charge < -0.3 is 9.73 Å². The molecule has 0 amide bonds. The van der Waals surface area contributed by atoms with Gasteiger partial charge in [0.1, 0.15) is 0 Å². The average Bonchev–Trinajstić information content (AvgIpc) is 2.63. The van der Waals surface area contributed by atoms with E-state index in [1.807, 2.05) is 18.2 Å². The highest BCUT2D eigenvalue weighted by Gasteiger charge is 2.04. The largest absolute Gasteiger partial charge is 0.424 e. The van der Waals surface area contributed by atoms with Gasteiger partial charge in [-0.2, -0.15) is 0 Å². The number of nitrogens with zero attached hydrogens (tertiary/aromatic N) is 2. The Bertz CT molecular complexity index is 501. The lowest BCUT2D eigenvalue weighted by atomic mass is 10.3. The first kappa shape index (κ1) is 11.4. The molecular weight excluding hydrogens is 293 g/mol. The summed E-state index contributed by atoms with van der Waals surface area (Å²) in [5.41, 5.74) is 0.834. The minimum atomic E-state index is 0.461. The topological polar surface area (TPSA) is 51.0 Å². The van der Waals surface area contributed by atoms with E-state index in [-0.39, 0.29) is 0 Å². The Morgan fingerprint density at radius 1 is 1.44 bits per heavy atom. The number of rotatable bonds is 3. The van der Waals surface area contributed by atoms with Gasteiger partial charge >= 0.3 is 0 Å². The van der Waals surface area contributed by atoms with Crippen molar-refractivity contribution in [2.75, 3.05) is 5.32 Å². The first-order valence-electron chi connectivity index (χ1n) is 4.63. The monoisotopic (exact) mass is 301 g/mol. The molecule has 1 N–H and O–H groups in total. The number of hydrogen-bond acceptors (Lipinski definition) is 4. The molecule has 6 heteroatoms. The minimum absolute atomic E-state index is 0.461. The highest BCUT2D eigenvalue weighted by Crippen LogP contribution is 2.25. The van der Waals surface area contributed by atoms with Gasteiger partial charge in [0.05, 0.1) is 17.3 Å². The van der Waals surface area contributed by atoms with Crippen LogP contribution in [-0.2, 0) is 6.54 Å². The number of aryl methyl sites for hydroxylation is 1. The molecule has 0 aliphatic heterocycles. The molecule has 1 heterocycles. The summed E-state index contributed by atoms with van der Waals surface area (Å²) in [5.74, 6) is 1.09. The van der Waals surface area contributed by atoms with Gasteiger partial charge in [-0.15, -0.1) is 10.2 Å². The average molecular weight is 303 g/mol. The predicted octanol–water partition coefficient (Wildman–Crippen LogP) is 3.41. The summed E-state index contributed by atoms with van der Waals surface area (Å²) >= 11 is 9.38. The molecule has 0 spiro atoms. The molecule has 4 nitrogen and oxygen atoms in total. The van der Waals surface area contributed by atoms with E-state index in [2.05, 4.69) is 31.4 Å². The van der Waals surface area contributed by atoms with Crippen LogP contribution in [0, 0.1) is 6.92 Å². The second-order valence-corrected chi connectivity index (χ2v) is 4.52. The molecular formula is C10H9BrClN3O.